The van der Waals surface area contributed by atoms with Gasteiger partial charge in [0.2, 0.25) is 6.79 Å². The number of fused-ring (bicyclic) bond motifs is 1. The Bertz CT molecular complexity index is 1320. The smallest absolute Gasteiger partial charge is 0.300 e. The highest BCUT2D eigenvalue weighted by Gasteiger charge is 2.48. The van der Waals surface area contributed by atoms with Crippen molar-refractivity contribution in [2.75, 3.05) is 18.3 Å². The first-order valence-corrected chi connectivity index (χ1v) is 10.8. The largest absolute Gasteiger partial charge is 0.507 e. The number of ether oxygens (including phenoxy) is 3. The van der Waals surface area contributed by atoms with Crippen molar-refractivity contribution in [3.8, 4) is 17.2 Å². The molecule has 0 radical (unpaired) electrons. The van der Waals surface area contributed by atoms with Crippen LogP contribution in [0.15, 0.2) is 66.4 Å². The zero-order valence-electron chi connectivity index (χ0n) is 18.6. The van der Waals surface area contributed by atoms with Crippen LogP contribution in [-0.2, 0) is 9.59 Å². The van der Waals surface area contributed by atoms with Crippen LogP contribution in [0, 0.1) is 6.92 Å². The van der Waals surface area contributed by atoms with Gasteiger partial charge in [-0.3, -0.25) is 19.5 Å². The Morgan fingerprint density at radius 3 is 2.68 bits per heavy atom. The summed E-state index contributed by atoms with van der Waals surface area (Å²) in [5.41, 5.74) is 2.05. The number of aryl methyl sites for hydroxylation is 1. The van der Waals surface area contributed by atoms with Crippen molar-refractivity contribution in [3.63, 3.8) is 0 Å². The van der Waals surface area contributed by atoms with E-state index in [0.717, 1.165) is 5.56 Å². The van der Waals surface area contributed by atoms with Crippen LogP contribution in [0.25, 0.3) is 5.76 Å². The molecule has 1 amide bonds. The van der Waals surface area contributed by atoms with Gasteiger partial charge in [-0.25, -0.2) is 0 Å². The number of carbonyl (C=O) groups excluding carboxylic acids is 2. The van der Waals surface area contributed by atoms with E-state index in [1.165, 1.54) is 4.90 Å². The fraction of sp³-hybridized carbons (Fsp3) is 0.192. The minimum Gasteiger partial charge on any atom is -0.507 e. The van der Waals surface area contributed by atoms with Crippen molar-refractivity contribution >= 4 is 23.1 Å². The van der Waals surface area contributed by atoms with Gasteiger partial charge in [-0.1, -0.05) is 6.07 Å². The number of aliphatic hydroxyl groups is 1. The SMILES string of the molecule is CCOc1ccc(/C(O)=C2\C(=O)C(=O)N(c3ccc4c(c3)OCO4)C2c2ccccn2)cc1C. The summed E-state index contributed by atoms with van der Waals surface area (Å²) in [5.74, 6) is -0.124. The zero-order valence-corrected chi connectivity index (χ0v) is 18.6. The highest BCUT2D eigenvalue weighted by molar-refractivity contribution is 6.51. The maximum Gasteiger partial charge on any atom is 0.300 e. The van der Waals surface area contributed by atoms with Gasteiger partial charge in [0.1, 0.15) is 17.6 Å². The van der Waals surface area contributed by atoms with Crippen LogP contribution in [-0.4, -0.2) is 35.2 Å². The van der Waals surface area contributed by atoms with Gasteiger partial charge in [-0.05, 0) is 61.9 Å². The second-order valence-electron chi connectivity index (χ2n) is 7.87. The molecule has 172 valence electrons. The highest BCUT2D eigenvalue weighted by atomic mass is 16.7. The fourth-order valence-corrected chi connectivity index (χ4v) is 4.22. The lowest BCUT2D eigenvalue weighted by molar-refractivity contribution is -0.132. The van der Waals surface area contributed by atoms with Gasteiger partial charge in [0, 0.05) is 23.5 Å². The Kier molecular flexibility index (Phi) is 5.41. The average molecular weight is 458 g/mol. The Hall–Kier alpha value is -4.33. The summed E-state index contributed by atoms with van der Waals surface area (Å²) in [4.78, 5) is 32.2. The molecule has 3 heterocycles. The minimum absolute atomic E-state index is 0.0371. The maximum absolute atomic E-state index is 13.3. The van der Waals surface area contributed by atoms with Gasteiger partial charge < -0.3 is 19.3 Å². The van der Waals surface area contributed by atoms with Crippen LogP contribution in [0.5, 0.6) is 17.2 Å². The van der Waals surface area contributed by atoms with Crippen molar-refractivity contribution in [3.05, 3.63) is 83.2 Å². The van der Waals surface area contributed by atoms with Gasteiger partial charge in [-0.15, -0.1) is 0 Å². The predicted molar refractivity (Wildman–Crippen MR) is 124 cm³/mol. The maximum atomic E-state index is 13.3. The topological polar surface area (TPSA) is 98.2 Å². The van der Waals surface area contributed by atoms with Crippen molar-refractivity contribution in [1.82, 2.24) is 4.98 Å². The Morgan fingerprint density at radius 1 is 1.12 bits per heavy atom. The summed E-state index contributed by atoms with van der Waals surface area (Å²) in [7, 11) is 0. The summed E-state index contributed by atoms with van der Waals surface area (Å²) in [6, 6.07) is 14.4. The molecule has 5 rings (SSSR count). The number of hydrogen-bond donors (Lipinski definition) is 1. The van der Waals surface area contributed by atoms with E-state index in [1.807, 2.05) is 13.8 Å². The Morgan fingerprint density at radius 2 is 1.94 bits per heavy atom. The van der Waals surface area contributed by atoms with E-state index < -0.39 is 17.7 Å². The second kappa shape index (κ2) is 8.55. The quantitative estimate of drug-likeness (QED) is 0.349. The number of carbonyl (C=O) groups is 2. The minimum atomic E-state index is -0.923. The standard InChI is InChI=1S/C26H22N2O6/c1-3-32-19-9-7-16(12-15(19)2)24(29)22-23(18-6-4-5-11-27-18)28(26(31)25(22)30)17-8-10-20-21(13-17)34-14-33-20/h4-13,23,29H,3,14H2,1-2H3/b24-22+. The number of aromatic nitrogens is 1. The molecule has 3 aromatic rings. The van der Waals surface area contributed by atoms with Crippen LogP contribution in [0.4, 0.5) is 5.69 Å². The molecule has 8 heteroatoms. The van der Waals surface area contributed by atoms with E-state index in [-0.39, 0.29) is 18.1 Å². The average Bonchev–Trinajstić information content (AvgIpc) is 3.42. The zero-order chi connectivity index (χ0) is 23.8. The van der Waals surface area contributed by atoms with Gasteiger partial charge in [-0.2, -0.15) is 0 Å². The molecule has 1 saturated heterocycles. The van der Waals surface area contributed by atoms with Gasteiger partial charge in [0.15, 0.2) is 11.5 Å². The van der Waals surface area contributed by atoms with Crippen LogP contribution in [0.1, 0.15) is 29.8 Å². The first-order chi connectivity index (χ1) is 16.5. The molecule has 0 bridgehead atoms. The van der Waals surface area contributed by atoms with E-state index in [4.69, 9.17) is 14.2 Å². The van der Waals surface area contributed by atoms with E-state index in [2.05, 4.69) is 4.98 Å². The molecule has 1 unspecified atom stereocenters. The van der Waals surface area contributed by atoms with E-state index in [1.54, 1.807) is 60.8 Å². The van der Waals surface area contributed by atoms with Crippen LogP contribution < -0.4 is 19.1 Å². The third-order valence-electron chi connectivity index (χ3n) is 5.79. The Balaban J connectivity index is 1.66. The highest BCUT2D eigenvalue weighted by Crippen LogP contribution is 2.44. The van der Waals surface area contributed by atoms with Crippen molar-refractivity contribution < 1.29 is 28.9 Å². The summed E-state index contributed by atoms with van der Waals surface area (Å²) in [5, 5.41) is 11.3. The number of hydrogen-bond acceptors (Lipinski definition) is 7. The van der Waals surface area contributed by atoms with Gasteiger partial charge in [0.25, 0.3) is 11.7 Å². The number of benzene rings is 2. The number of nitrogens with zero attached hydrogens (tertiary/aromatic N) is 2. The number of Topliss-reactive ketones (excluding diaryl/α,β-unsaturated/α-hetero) is 1. The molecule has 8 nitrogen and oxygen atoms in total. The number of anilines is 1. The molecule has 34 heavy (non-hydrogen) atoms. The molecule has 2 aromatic carbocycles. The van der Waals surface area contributed by atoms with Crippen molar-refractivity contribution in [1.29, 1.82) is 0 Å². The second-order valence-corrected chi connectivity index (χ2v) is 7.87. The predicted octanol–water partition coefficient (Wildman–Crippen LogP) is 4.14. The summed E-state index contributed by atoms with van der Waals surface area (Å²) < 4.78 is 16.4. The molecule has 0 spiro atoms. The summed E-state index contributed by atoms with van der Waals surface area (Å²) >= 11 is 0. The lowest BCUT2D eigenvalue weighted by Gasteiger charge is -2.24. The summed E-state index contributed by atoms with van der Waals surface area (Å²) in [6.45, 7) is 4.33. The number of amides is 1. The fourth-order valence-electron chi connectivity index (χ4n) is 4.22. The third-order valence-corrected chi connectivity index (χ3v) is 5.79. The molecular formula is C26H22N2O6. The number of rotatable bonds is 5. The molecule has 2 aliphatic heterocycles. The lowest BCUT2D eigenvalue weighted by atomic mass is 9.97. The Labute approximate surface area is 196 Å². The number of aliphatic hydroxyl groups excluding tert-OH is 1. The van der Waals surface area contributed by atoms with Crippen molar-refractivity contribution in [2.24, 2.45) is 0 Å². The summed E-state index contributed by atoms with van der Waals surface area (Å²) in [6.07, 6.45) is 1.58. The van der Waals surface area contributed by atoms with E-state index >= 15 is 0 Å². The lowest BCUT2D eigenvalue weighted by Crippen LogP contribution is -2.29. The first-order valence-electron chi connectivity index (χ1n) is 10.8. The monoisotopic (exact) mass is 458 g/mol. The molecule has 0 saturated carbocycles. The molecule has 1 atom stereocenters. The molecule has 1 aromatic heterocycles. The molecule has 0 aliphatic carbocycles. The molecular weight excluding hydrogens is 436 g/mol. The van der Waals surface area contributed by atoms with Gasteiger partial charge >= 0.3 is 0 Å². The van der Waals surface area contributed by atoms with Crippen LogP contribution in [0.2, 0.25) is 0 Å². The number of pyridine rings is 1. The number of ketones is 1. The molecule has 2 aliphatic rings. The van der Waals surface area contributed by atoms with Crippen LogP contribution in [0.3, 0.4) is 0 Å². The van der Waals surface area contributed by atoms with E-state index in [9.17, 15) is 14.7 Å². The van der Waals surface area contributed by atoms with Crippen molar-refractivity contribution in [2.45, 2.75) is 19.9 Å². The molecule has 1 N–H and O–H groups in total. The first kappa shape index (κ1) is 21.5. The van der Waals surface area contributed by atoms with Crippen LogP contribution >= 0.6 is 0 Å². The van der Waals surface area contributed by atoms with E-state index in [0.29, 0.717) is 40.8 Å². The third kappa shape index (κ3) is 3.53. The van der Waals surface area contributed by atoms with Gasteiger partial charge in [0.05, 0.1) is 17.9 Å². The molecule has 1 fully saturated rings. The normalized spacial score (nSPS) is 18.4.